The van der Waals surface area contributed by atoms with Crippen molar-refractivity contribution >= 4 is 21.8 Å². The normalized spacial score (nSPS) is 22.6. The highest BCUT2D eigenvalue weighted by Crippen LogP contribution is 2.33. The van der Waals surface area contributed by atoms with E-state index in [-0.39, 0.29) is 5.91 Å². The predicted octanol–water partition coefficient (Wildman–Crippen LogP) is 1.68. The summed E-state index contributed by atoms with van der Waals surface area (Å²) in [5.41, 5.74) is -0.00486. The van der Waals surface area contributed by atoms with Crippen molar-refractivity contribution in [3.63, 3.8) is 0 Å². The Labute approximate surface area is 124 Å². The number of likely N-dealkylation sites (N-methyl/N-ethyl adjacent to an activating group) is 1. The van der Waals surface area contributed by atoms with E-state index in [0.717, 1.165) is 10.3 Å². The van der Waals surface area contributed by atoms with Crippen LogP contribution in [0.15, 0.2) is 41.1 Å². The van der Waals surface area contributed by atoms with Gasteiger partial charge in [0.05, 0.1) is 5.69 Å². The van der Waals surface area contributed by atoms with Crippen LogP contribution in [0.5, 0.6) is 0 Å². The number of carbonyl (C=O) groups excluding carboxylic acids is 1. The molecule has 1 fully saturated rings. The number of halogens is 1. The van der Waals surface area contributed by atoms with Crippen LogP contribution in [-0.2, 0) is 10.4 Å². The summed E-state index contributed by atoms with van der Waals surface area (Å²) < 4.78 is 2.43. The molecule has 2 aromatic rings. The summed E-state index contributed by atoms with van der Waals surface area (Å²) in [5.74, 6) is -0.253. The number of hydrogen-bond donors (Lipinski definition) is 1. The first-order valence-corrected chi connectivity index (χ1v) is 7.10. The first-order valence-electron chi connectivity index (χ1n) is 6.31. The van der Waals surface area contributed by atoms with Crippen molar-refractivity contribution in [3.05, 3.63) is 46.7 Å². The molecule has 5 nitrogen and oxygen atoms in total. The molecule has 0 spiro atoms. The molecular formula is C14H14BrN3O2. The smallest absolute Gasteiger partial charge is 0.258 e. The molecule has 1 saturated heterocycles. The van der Waals surface area contributed by atoms with Gasteiger partial charge >= 0.3 is 0 Å². The summed E-state index contributed by atoms with van der Waals surface area (Å²) in [5, 5.41) is 14.9. The van der Waals surface area contributed by atoms with E-state index in [4.69, 9.17) is 0 Å². The molecule has 0 radical (unpaired) electrons. The van der Waals surface area contributed by atoms with Crippen LogP contribution < -0.4 is 0 Å². The zero-order chi connectivity index (χ0) is 14.3. The van der Waals surface area contributed by atoms with Gasteiger partial charge in [-0.05, 0) is 39.7 Å². The molecule has 3 rings (SSSR count). The van der Waals surface area contributed by atoms with E-state index in [1.165, 1.54) is 0 Å². The Morgan fingerprint density at radius 3 is 2.80 bits per heavy atom. The molecule has 20 heavy (non-hydrogen) atoms. The molecule has 0 unspecified atom stereocenters. The maximum atomic E-state index is 12.1. The van der Waals surface area contributed by atoms with Crippen molar-refractivity contribution in [2.45, 2.75) is 12.0 Å². The first kappa shape index (κ1) is 13.3. The summed E-state index contributed by atoms with van der Waals surface area (Å²) in [6.45, 7) is 0.562. The average Bonchev–Trinajstić information content (AvgIpc) is 3.00. The highest BCUT2D eigenvalue weighted by molar-refractivity contribution is 9.10. The van der Waals surface area contributed by atoms with E-state index in [1.807, 2.05) is 24.4 Å². The quantitative estimate of drug-likeness (QED) is 0.908. The lowest BCUT2D eigenvalue weighted by Crippen LogP contribution is -2.36. The predicted molar refractivity (Wildman–Crippen MR) is 77.4 cm³/mol. The topological polar surface area (TPSA) is 58.4 Å². The Balaban J connectivity index is 2.02. The number of benzene rings is 1. The fraction of sp³-hybridized carbons (Fsp3) is 0.286. The van der Waals surface area contributed by atoms with Gasteiger partial charge in [0, 0.05) is 26.2 Å². The van der Waals surface area contributed by atoms with Crippen molar-refractivity contribution in [1.29, 1.82) is 0 Å². The summed E-state index contributed by atoms with van der Waals surface area (Å²) in [6, 6.07) is 9.12. The van der Waals surface area contributed by atoms with Gasteiger partial charge < -0.3 is 10.0 Å². The Bertz CT molecular complexity index is 670. The number of nitrogens with zero attached hydrogens (tertiary/aromatic N) is 3. The summed E-state index contributed by atoms with van der Waals surface area (Å²) in [6.07, 6.45) is 2.23. The molecule has 1 aliphatic heterocycles. The Hall–Kier alpha value is -1.66. The Morgan fingerprint density at radius 2 is 2.20 bits per heavy atom. The van der Waals surface area contributed by atoms with Gasteiger partial charge in [0.1, 0.15) is 4.60 Å². The van der Waals surface area contributed by atoms with Gasteiger partial charge in [0.15, 0.2) is 5.60 Å². The Morgan fingerprint density at radius 1 is 1.40 bits per heavy atom. The molecule has 1 amide bonds. The van der Waals surface area contributed by atoms with Crippen LogP contribution in [-0.4, -0.2) is 39.3 Å². The van der Waals surface area contributed by atoms with E-state index in [1.54, 1.807) is 28.8 Å². The van der Waals surface area contributed by atoms with Crippen LogP contribution in [0.1, 0.15) is 12.0 Å². The highest BCUT2D eigenvalue weighted by atomic mass is 79.9. The van der Waals surface area contributed by atoms with E-state index in [0.29, 0.717) is 18.5 Å². The third-order valence-electron chi connectivity index (χ3n) is 3.65. The SMILES string of the molecule is CN1CC[C@@](O)(c2cccc(-n3ccc(Br)n3)c2)C1=O. The number of aliphatic hydroxyl groups is 1. The molecule has 1 aromatic carbocycles. The van der Waals surface area contributed by atoms with Crippen LogP contribution >= 0.6 is 15.9 Å². The largest absolute Gasteiger partial charge is 0.375 e. The maximum absolute atomic E-state index is 12.1. The number of rotatable bonds is 2. The second kappa shape index (κ2) is 4.71. The summed E-state index contributed by atoms with van der Waals surface area (Å²) in [4.78, 5) is 13.7. The van der Waals surface area contributed by atoms with Crippen molar-refractivity contribution in [2.24, 2.45) is 0 Å². The third kappa shape index (κ3) is 2.05. The van der Waals surface area contributed by atoms with Crippen LogP contribution in [0.4, 0.5) is 0 Å². The van der Waals surface area contributed by atoms with Crippen molar-refractivity contribution in [3.8, 4) is 5.69 Å². The standard InChI is InChI=1S/C14H14BrN3O2/c1-17-8-6-14(20,13(17)19)10-3-2-4-11(9-10)18-7-5-12(15)16-18/h2-5,7,9,20H,6,8H2,1H3/t14-/m1/s1. The van der Waals surface area contributed by atoms with Crippen molar-refractivity contribution in [2.75, 3.05) is 13.6 Å². The first-order chi connectivity index (χ1) is 9.50. The minimum absolute atomic E-state index is 0.253. The Kier molecular flexibility index (Phi) is 3.14. The second-order valence-corrected chi connectivity index (χ2v) is 5.78. The molecular weight excluding hydrogens is 322 g/mol. The molecule has 1 N–H and O–H groups in total. The number of amides is 1. The molecule has 0 aliphatic carbocycles. The van der Waals surface area contributed by atoms with Crippen molar-refractivity contribution < 1.29 is 9.90 Å². The van der Waals surface area contributed by atoms with Gasteiger partial charge in [0.25, 0.3) is 5.91 Å². The number of likely N-dealkylation sites (tertiary alicyclic amines) is 1. The van der Waals surface area contributed by atoms with Crippen molar-refractivity contribution in [1.82, 2.24) is 14.7 Å². The van der Waals surface area contributed by atoms with E-state index in [2.05, 4.69) is 21.0 Å². The minimum atomic E-state index is -1.42. The summed E-state index contributed by atoms with van der Waals surface area (Å²) in [7, 11) is 1.70. The molecule has 2 heterocycles. The van der Waals surface area contributed by atoms with Crippen LogP contribution in [0, 0.1) is 0 Å². The van der Waals surface area contributed by atoms with Gasteiger partial charge in [-0.1, -0.05) is 12.1 Å². The fourth-order valence-corrected chi connectivity index (χ4v) is 2.76. The molecule has 1 aromatic heterocycles. The molecule has 1 atom stereocenters. The van der Waals surface area contributed by atoms with Gasteiger partial charge in [0.2, 0.25) is 0 Å². The van der Waals surface area contributed by atoms with Gasteiger partial charge in [-0.3, -0.25) is 4.79 Å². The molecule has 0 bridgehead atoms. The lowest BCUT2D eigenvalue weighted by molar-refractivity contribution is -0.143. The zero-order valence-electron chi connectivity index (χ0n) is 11.0. The molecule has 104 valence electrons. The van der Waals surface area contributed by atoms with Gasteiger partial charge in [-0.15, -0.1) is 0 Å². The number of carbonyl (C=O) groups is 1. The number of aromatic nitrogens is 2. The van der Waals surface area contributed by atoms with Gasteiger partial charge in [-0.25, -0.2) is 4.68 Å². The van der Waals surface area contributed by atoms with E-state index >= 15 is 0 Å². The monoisotopic (exact) mass is 335 g/mol. The highest BCUT2D eigenvalue weighted by Gasteiger charge is 2.45. The second-order valence-electron chi connectivity index (χ2n) is 4.97. The minimum Gasteiger partial charge on any atom is -0.375 e. The molecule has 6 heteroatoms. The fourth-order valence-electron chi connectivity index (χ4n) is 2.47. The lowest BCUT2D eigenvalue weighted by atomic mass is 9.92. The summed E-state index contributed by atoms with van der Waals surface area (Å²) >= 11 is 3.30. The van der Waals surface area contributed by atoms with Crippen LogP contribution in [0.2, 0.25) is 0 Å². The number of hydrogen-bond acceptors (Lipinski definition) is 3. The van der Waals surface area contributed by atoms with Gasteiger partial charge in [-0.2, -0.15) is 5.10 Å². The van der Waals surface area contributed by atoms with E-state index < -0.39 is 5.60 Å². The molecule has 0 saturated carbocycles. The average molecular weight is 336 g/mol. The molecule has 1 aliphatic rings. The maximum Gasteiger partial charge on any atom is 0.258 e. The van der Waals surface area contributed by atoms with Crippen LogP contribution in [0.25, 0.3) is 5.69 Å². The van der Waals surface area contributed by atoms with Crippen LogP contribution in [0.3, 0.4) is 0 Å². The zero-order valence-corrected chi connectivity index (χ0v) is 12.5. The van der Waals surface area contributed by atoms with E-state index in [9.17, 15) is 9.90 Å². The lowest BCUT2D eigenvalue weighted by Gasteiger charge is -2.21. The third-order valence-corrected chi connectivity index (χ3v) is 4.08.